The summed E-state index contributed by atoms with van der Waals surface area (Å²) in [5.74, 6) is 0.0298. The smallest absolute Gasteiger partial charge is 0.145 e. The second-order valence-corrected chi connectivity index (χ2v) is 5.92. The zero-order valence-corrected chi connectivity index (χ0v) is 12.1. The Labute approximate surface area is 119 Å². The first-order chi connectivity index (χ1) is 9.36. The van der Waals surface area contributed by atoms with Gasteiger partial charge in [-0.2, -0.15) is 0 Å². The topological polar surface area (TPSA) is 35.2 Å². The summed E-state index contributed by atoms with van der Waals surface area (Å²) in [5, 5.41) is 0. The van der Waals surface area contributed by atoms with E-state index in [2.05, 4.69) is 32.9 Å². The maximum atomic E-state index is 13.1. The second-order valence-electron chi connectivity index (χ2n) is 5.92. The highest BCUT2D eigenvalue weighted by atomic mass is 19.1. The normalized spacial score (nSPS) is 11.4. The number of hydrogen-bond donors (Lipinski definition) is 1. The van der Waals surface area contributed by atoms with Gasteiger partial charge in [0.05, 0.1) is 5.69 Å². The largest absolute Gasteiger partial charge is 0.487 e. The van der Waals surface area contributed by atoms with E-state index in [1.165, 1.54) is 23.8 Å². The van der Waals surface area contributed by atoms with Crippen LogP contribution in [0.25, 0.3) is 0 Å². The van der Waals surface area contributed by atoms with Gasteiger partial charge < -0.3 is 10.5 Å². The van der Waals surface area contributed by atoms with Gasteiger partial charge in [0.1, 0.15) is 18.2 Å². The molecule has 0 aliphatic heterocycles. The average Bonchev–Trinajstić information content (AvgIpc) is 2.39. The third-order valence-electron chi connectivity index (χ3n) is 3.19. The molecule has 0 radical (unpaired) electrons. The summed E-state index contributed by atoms with van der Waals surface area (Å²) < 4.78 is 18.7. The van der Waals surface area contributed by atoms with Crippen molar-refractivity contribution in [2.75, 3.05) is 5.73 Å². The zero-order chi connectivity index (χ0) is 14.8. The summed E-state index contributed by atoms with van der Waals surface area (Å²) in [6.45, 7) is 6.89. The Morgan fingerprint density at radius 3 is 2.30 bits per heavy atom. The van der Waals surface area contributed by atoms with Gasteiger partial charge in [0.2, 0.25) is 0 Å². The fourth-order valence-electron chi connectivity index (χ4n) is 1.90. The molecule has 0 aliphatic rings. The number of benzene rings is 2. The van der Waals surface area contributed by atoms with Gasteiger partial charge in [-0.05, 0) is 28.7 Å². The van der Waals surface area contributed by atoms with Crippen molar-refractivity contribution in [2.24, 2.45) is 0 Å². The number of anilines is 1. The number of rotatable bonds is 3. The van der Waals surface area contributed by atoms with Crippen LogP contribution in [0.4, 0.5) is 10.1 Å². The third-order valence-corrected chi connectivity index (χ3v) is 3.19. The molecule has 106 valence electrons. The quantitative estimate of drug-likeness (QED) is 0.847. The summed E-state index contributed by atoms with van der Waals surface area (Å²) in [7, 11) is 0. The van der Waals surface area contributed by atoms with Crippen LogP contribution in [0.5, 0.6) is 5.75 Å². The van der Waals surface area contributed by atoms with E-state index in [0.29, 0.717) is 18.0 Å². The Kier molecular flexibility index (Phi) is 3.98. The maximum Gasteiger partial charge on any atom is 0.145 e. The highest BCUT2D eigenvalue weighted by molar-refractivity contribution is 5.52. The van der Waals surface area contributed by atoms with Crippen LogP contribution in [0.2, 0.25) is 0 Å². The Hall–Kier alpha value is -2.03. The molecule has 0 bridgehead atoms. The minimum Gasteiger partial charge on any atom is -0.487 e. The molecule has 20 heavy (non-hydrogen) atoms. The van der Waals surface area contributed by atoms with Crippen molar-refractivity contribution >= 4 is 5.69 Å². The lowest BCUT2D eigenvalue weighted by molar-refractivity contribution is 0.306. The van der Waals surface area contributed by atoms with E-state index in [-0.39, 0.29) is 11.2 Å². The monoisotopic (exact) mass is 273 g/mol. The predicted octanol–water partition coefficient (Wildman–Crippen LogP) is 4.28. The van der Waals surface area contributed by atoms with Gasteiger partial charge in [0, 0.05) is 6.07 Å². The summed E-state index contributed by atoms with van der Waals surface area (Å²) >= 11 is 0. The van der Waals surface area contributed by atoms with Crippen molar-refractivity contribution in [3.05, 3.63) is 59.4 Å². The van der Waals surface area contributed by atoms with Crippen LogP contribution in [0, 0.1) is 5.82 Å². The van der Waals surface area contributed by atoms with E-state index in [4.69, 9.17) is 10.5 Å². The molecule has 2 aromatic carbocycles. The Bertz CT molecular complexity index is 585. The molecule has 0 saturated carbocycles. The van der Waals surface area contributed by atoms with Gasteiger partial charge in [0.15, 0.2) is 0 Å². The maximum absolute atomic E-state index is 13.1. The molecule has 2 N–H and O–H groups in total. The van der Waals surface area contributed by atoms with Gasteiger partial charge >= 0.3 is 0 Å². The highest BCUT2D eigenvalue weighted by Gasteiger charge is 2.12. The van der Waals surface area contributed by atoms with Crippen LogP contribution < -0.4 is 10.5 Å². The van der Waals surface area contributed by atoms with Crippen LogP contribution in [0.15, 0.2) is 42.5 Å². The lowest BCUT2D eigenvalue weighted by Crippen LogP contribution is -2.10. The molecule has 3 heteroatoms. The van der Waals surface area contributed by atoms with Crippen molar-refractivity contribution in [3.8, 4) is 5.75 Å². The van der Waals surface area contributed by atoms with E-state index in [9.17, 15) is 4.39 Å². The lowest BCUT2D eigenvalue weighted by Gasteiger charge is -2.19. The van der Waals surface area contributed by atoms with Crippen molar-refractivity contribution in [2.45, 2.75) is 32.8 Å². The molecular formula is C17H20FNO. The Morgan fingerprint density at radius 1 is 1.05 bits per heavy atom. The fourth-order valence-corrected chi connectivity index (χ4v) is 1.90. The summed E-state index contributed by atoms with van der Waals surface area (Å²) in [5.41, 5.74) is 8.62. The Morgan fingerprint density at radius 2 is 1.70 bits per heavy atom. The predicted molar refractivity (Wildman–Crippen MR) is 80.3 cm³/mol. The van der Waals surface area contributed by atoms with Crippen molar-refractivity contribution in [1.82, 2.24) is 0 Å². The molecule has 2 rings (SSSR count). The first-order valence-electron chi connectivity index (χ1n) is 6.63. The summed E-state index contributed by atoms with van der Waals surface area (Å²) in [6.07, 6.45) is 0. The SMILES string of the molecule is CC(C)(C)c1ccc(COc2cc(F)ccc2N)cc1. The minimum absolute atomic E-state index is 0.131. The van der Waals surface area contributed by atoms with E-state index < -0.39 is 0 Å². The molecule has 0 fully saturated rings. The average molecular weight is 273 g/mol. The number of nitrogen functional groups attached to an aromatic ring is 1. The van der Waals surface area contributed by atoms with Gasteiger partial charge in [-0.1, -0.05) is 45.0 Å². The molecule has 2 nitrogen and oxygen atoms in total. The molecular weight excluding hydrogens is 253 g/mol. The number of nitrogens with two attached hydrogens (primary N) is 1. The second kappa shape index (κ2) is 5.53. The van der Waals surface area contributed by atoms with Gasteiger partial charge in [-0.15, -0.1) is 0 Å². The number of ether oxygens (including phenoxy) is 1. The standard InChI is InChI=1S/C17H20FNO/c1-17(2,3)13-6-4-12(5-7-13)11-20-16-10-14(18)8-9-15(16)19/h4-10H,11,19H2,1-3H3. The first-order valence-corrected chi connectivity index (χ1v) is 6.63. The molecule has 0 aliphatic carbocycles. The molecule has 0 saturated heterocycles. The van der Waals surface area contributed by atoms with E-state index in [1.807, 2.05) is 12.1 Å². The Balaban J connectivity index is 2.06. The molecule has 0 unspecified atom stereocenters. The molecule has 2 aromatic rings. The van der Waals surface area contributed by atoms with Crippen molar-refractivity contribution in [1.29, 1.82) is 0 Å². The third kappa shape index (κ3) is 3.50. The van der Waals surface area contributed by atoms with Crippen molar-refractivity contribution in [3.63, 3.8) is 0 Å². The zero-order valence-electron chi connectivity index (χ0n) is 12.1. The molecule has 0 spiro atoms. The van der Waals surface area contributed by atoms with Crippen LogP contribution in [0.1, 0.15) is 31.9 Å². The van der Waals surface area contributed by atoms with Gasteiger partial charge in [-0.3, -0.25) is 0 Å². The fraction of sp³-hybridized carbons (Fsp3) is 0.294. The summed E-state index contributed by atoms with van der Waals surface area (Å²) in [6, 6.07) is 12.4. The van der Waals surface area contributed by atoms with E-state index in [0.717, 1.165) is 5.56 Å². The minimum atomic E-state index is -0.350. The van der Waals surface area contributed by atoms with E-state index in [1.54, 1.807) is 0 Å². The van der Waals surface area contributed by atoms with Gasteiger partial charge in [0.25, 0.3) is 0 Å². The first kappa shape index (κ1) is 14.4. The molecule has 0 aromatic heterocycles. The molecule has 0 amide bonds. The van der Waals surface area contributed by atoms with Crippen LogP contribution in [0.3, 0.4) is 0 Å². The molecule has 0 atom stereocenters. The van der Waals surface area contributed by atoms with Crippen LogP contribution in [-0.2, 0) is 12.0 Å². The van der Waals surface area contributed by atoms with Gasteiger partial charge in [-0.25, -0.2) is 4.39 Å². The lowest BCUT2D eigenvalue weighted by atomic mass is 9.87. The summed E-state index contributed by atoms with van der Waals surface area (Å²) in [4.78, 5) is 0. The van der Waals surface area contributed by atoms with E-state index >= 15 is 0 Å². The number of hydrogen-bond acceptors (Lipinski definition) is 2. The molecule has 0 heterocycles. The number of halogens is 1. The van der Waals surface area contributed by atoms with Crippen LogP contribution in [-0.4, -0.2) is 0 Å². The highest BCUT2D eigenvalue weighted by Crippen LogP contribution is 2.25. The van der Waals surface area contributed by atoms with Crippen molar-refractivity contribution < 1.29 is 9.13 Å². The van der Waals surface area contributed by atoms with Crippen LogP contribution >= 0.6 is 0 Å².